The Bertz CT molecular complexity index is 642. The lowest BCUT2D eigenvalue weighted by atomic mass is 9.79. The van der Waals surface area contributed by atoms with Gasteiger partial charge in [-0.15, -0.1) is 0 Å². The van der Waals surface area contributed by atoms with Crippen LogP contribution in [0.4, 0.5) is 4.79 Å². The van der Waals surface area contributed by atoms with Gasteiger partial charge in [-0.05, 0) is 92.8 Å². The van der Waals surface area contributed by atoms with Crippen LogP contribution in [-0.2, 0) is 12.8 Å². The summed E-state index contributed by atoms with van der Waals surface area (Å²) in [5.74, 6) is 2.80. The third kappa shape index (κ3) is 3.13. The normalized spacial score (nSPS) is 38.2. The molecule has 26 heavy (non-hydrogen) atoms. The standard InChI is InChI=1S/C22H31N3O/c26-22(24-20-8-7-18-12-23-13-19(18)11-20)25-21-16-5-6-17(21)10-15-4-2-1-3-14(15)9-16/h1-4,16-21,23H,5-13H2,(H2,24,25,26). The molecule has 3 aliphatic carbocycles. The lowest BCUT2D eigenvalue weighted by Crippen LogP contribution is -2.51. The van der Waals surface area contributed by atoms with Crippen molar-refractivity contribution < 1.29 is 4.79 Å². The average molecular weight is 354 g/mol. The number of benzene rings is 1. The molecule has 1 aliphatic heterocycles. The summed E-state index contributed by atoms with van der Waals surface area (Å²) in [7, 11) is 0. The van der Waals surface area contributed by atoms with Crippen molar-refractivity contribution in [1.82, 2.24) is 16.0 Å². The number of fused-ring (bicyclic) bond motifs is 4. The van der Waals surface area contributed by atoms with Crippen LogP contribution in [0.2, 0.25) is 0 Å². The van der Waals surface area contributed by atoms with E-state index in [1.54, 1.807) is 0 Å². The Labute approximate surface area is 156 Å². The molecule has 5 rings (SSSR count). The zero-order valence-corrected chi connectivity index (χ0v) is 15.5. The van der Waals surface area contributed by atoms with Crippen LogP contribution in [0.15, 0.2) is 24.3 Å². The number of carbonyl (C=O) groups excluding carboxylic acids is 1. The fraction of sp³-hybridized carbons (Fsp3) is 0.682. The van der Waals surface area contributed by atoms with Gasteiger partial charge in [-0.3, -0.25) is 0 Å². The zero-order chi connectivity index (χ0) is 17.5. The first-order valence-corrected chi connectivity index (χ1v) is 10.6. The predicted molar refractivity (Wildman–Crippen MR) is 103 cm³/mol. The molecule has 4 aliphatic rings. The van der Waals surface area contributed by atoms with Gasteiger partial charge in [-0.2, -0.15) is 0 Å². The molecule has 1 aromatic carbocycles. The van der Waals surface area contributed by atoms with E-state index in [0.717, 1.165) is 44.1 Å². The summed E-state index contributed by atoms with van der Waals surface area (Å²) in [5.41, 5.74) is 3.00. The number of rotatable bonds is 2. The zero-order valence-electron chi connectivity index (χ0n) is 15.5. The van der Waals surface area contributed by atoms with Crippen LogP contribution in [-0.4, -0.2) is 31.2 Å². The molecule has 0 radical (unpaired) electrons. The third-order valence-corrected chi connectivity index (χ3v) is 7.59. The van der Waals surface area contributed by atoms with Crippen LogP contribution in [0.25, 0.3) is 0 Å². The maximum absolute atomic E-state index is 12.7. The lowest BCUT2D eigenvalue weighted by molar-refractivity contribution is 0.206. The van der Waals surface area contributed by atoms with Crippen molar-refractivity contribution in [3.05, 3.63) is 35.4 Å². The summed E-state index contributed by atoms with van der Waals surface area (Å²) in [6, 6.07) is 9.64. The summed E-state index contributed by atoms with van der Waals surface area (Å²) in [6.45, 7) is 2.31. The van der Waals surface area contributed by atoms with Gasteiger partial charge in [0.15, 0.2) is 0 Å². The van der Waals surface area contributed by atoms with Crippen molar-refractivity contribution in [2.45, 2.75) is 57.0 Å². The van der Waals surface area contributed by atoms with Gasteiger partial charge < -0.3 is 16.0 Å². The van der Waals surface area contributed by atoms with Gasteiger partial charge in [-0.1, -0.05) is 24.3 Å². The summed E-state index contributed by atoms with van der Waals surface area (Å²) >= 11 is 0. The monoisotopic (exact) mass is 353 g/mol. The van der Waals surface area contributed by atoms with Crippen LogP contribution in [0.3, 0.4) is 0 Å². The molecule has 140 valence electrons. The minimum Gasteiger partial charge on any atom is -0.335 e. The van der Waals surface area contributed by atoms with Crippen molar-refractivity contribution in [3.8, 4) is 0 Å². The molecule has 0 spiro atoms. The highest BCUT2D eigenvalue weighted by molar-refractivity contribution is 5.74. The van der Waals surface area contributed by atoms with Crippen molar-refractivity contribution in [3.63, 3.8) is 0 Å². The highest BCUT2D eigenvalue weighted by atomic mass is 16.2. The van der Waals surface area contributed by atoms with Crippen molar-refractivity contribution >= 4 is 6.03 Å². The summed E-state index contributed by atoms with van der Waals surface area (Å²) < 4.78 is 0. The lowest BCUT2D eigenvalue weighted by Gasteiger charge is -2.32. The first-order valence-electron chi connectivity index (χ1n) is 10.6. The Balaban J connectivity index is 1.21. The van der Waals surface area contributed by atoms with Crippen molar-refractivity contribution in [1.29, 1.82) is 0 Å². The summed E-state index contributed by atoms with van der Waals surface area (Å²) in [5, 5.41) is 10.2. The van der Waals surface area contributed by atoms with E-state index >= 15 is 0 Å². The molecular formula is C22H31N3O. The number of nitrogens with one attached hydrogen (secondary N) is 3. The van der Waals surface area contributed by atoms with Crippen LogP contribution in [0.5, 0.6) is 0 Å². The Morgan fingerprint density at radius 3 is 2.23 bits per heavy atom. The van der Waals surface area contributed by atoms with E-state index in [1.807, 2.05) is 0 Å². The summed E-state index contributed by atoms with van der Waals surface area (Å²) in [4.78, 5) is 12.7. The van der Waals surface area contributed by atoms with Gasteiger partial charge in [0.05, 0.1) is 0 Å². The van der Waals surface area contributed by atoms with Gasteiger partial charge in [0.2, 0.25) is 0 Å². The molecule has 2 amide bonds. The minimum atomic E-state index is 0.0762. The second-order valence-corrected chi connectivity index (χ2v) is 9.11. The fourth-order valence-electron chi connectivity index (χ4n) is 6.20. The number of hydrogen-bond donors (Lipinski definition) is 3. The highest BCUT2D eigenvalue weighted by Gasteiger charge is 2.40. The SMILES string of the molecule is O=C(NC1CCC2CNCC2C1)NC1C2CCC1Cc1ccccc1C2. The molecular weight excluding hydrogens is 322 g/mol. The molecule has 2 saturated carbocycles. The quantitative estimate of drug-likeness (QED) is 0.766. The van der Waals surface area contributed by atoms with E-state index in [0.29, 0.717) is 23.9 Å². The van der Waals surface area contributed by atoms with E-state index in [-0.39, 0.29) is 6.03 Å². The van der Waals surface area contributed by atoms with Crippen LogP contribution >= 0.6 is 0 Å². The topological polar surface area (TPSA) is 53.2 Å². The molecule has 0 aromatic heterocycles. The molecule has 5 unspecified atom stereocenters. The molecule has 5 atom stereocenters. The number of amides is 2. The van der Waals surface area contributed by atoms with E-state index in [4.69, 9.17) is 0 Å². The summed E-state index contributed by atoms with van der Waals surface area (Å²) in [6.07, 6.45) is 8.29. The van der Waals surface area contributed by atoms with Gasteiger partial charge in [-0.25, -0.2) is 4.79 Å². The second-order valence-electron chi connectivity index (χ2n) is 9.11. The maximum Gasteiger partial charge on any atom is 0.315 e. The van der Waals surface area contributed by atoms with Gasteiger partial charge in [0.1, 0.15) is 0 Å². The molecule has 2 bridgehead atoms. The first kappa shape index (κ1) is 16.6. The van der Waals surface area contributed by atoms with Gasteiger partial charge in [0, 0.05) is 12.1 Å². The van der Waals surface area contributed by atoms with Gasteiger partial charge >= 0.3 is 6.03 Å². The Hall–Kier alpha value is -1.55. The molecule has 4 nitrogen and oxygen atoms in total. The molecule has 4 heteroatoms. The Morgan fingerprint density at radius 2 is 1.50 bits per heavy atom. The highest BCUT2D eigenvalue weighted by Crippen LogP contribution is 2.40. The van der Waals surface area contributed by atoms with Crippen LogP contribution in [0, 0.1) is 23.7 Å². The molecule has 1 heterocycles. The number of hydrogen-bond acceptors (Lipinski definition) is 2. The molecule has 3 N–H and O–H groups in total. The van der Waals surface area contributed by atoms with Crippen molar-refractivity contribution in [2.24, 2.45) is 23.7 Å². The number of carbonyl (C=O) groups is 1. The Kier molecular flexibility index (Phi) is 4.39. The second kappa shape index (κ2) is 6.88. The largest absolute Gasteiger partial charge is 0.335 e. The first-order chi connectivity index (χ1) is 12.8. The maximum atomic E-state index is 12.7. The Morgan fingerprint density at radius 1 is 0.846 bits per heavy atom. The van der Waals surface area contributed by atoms with E-state index in [2.05, 4.69) is 40.2 Å². The van der Waals surface area contributed by atoms with Crippen molar-refractivity contribution in [2.75, 3.05) is 13.1 Å². The van der Waals surface area contributed by atoms with E-state index in [1.165, 1.54) is 36.9 Å². The van der Waals surface area contributed by atoms with Gasteiger partial charge in [0.25, 0.3) is 0 Å². The van der Waals surface area contributed by atoms with Crippen LogP contribution < -0.4 is 16.0 Å². The predicted octanol–water partition coefficient (Wildman–Crippen LogP) is 2.87. The molecule has 1 saturated heterocycles. The number of urea groups is 1. The van der Waals surface area contributed by atoms with E-state index < -0.39 is 0 Å². The fourth-order valence-corrected chi connectivity index (χ4v) is 6.20. The molecule has 3 fully saturated rings. The average Bonchev–Trinajstić information content (AvgIpc) is 3.19. The van der Waals surface area contributed by atoms with E-state index in [9.17, 15) is 4.79 Å². The smallest absolute Gasteiger partial charge is 0.315 e. The van der Waals surface area contributed by atoms with Crippen LogP contribution in [0.1, 0.15) is 43.2 Å². The minimum absolute atomic E-state index is 0.0762. The molecule has 1 aromatic rings. The third-order valence-electron chi connectivity index (χ3n) is 7.59.